The molecule has 0 saturated carbocycles. The molecular formula is C21H29BrNO2+. The van der Waals surface area contributed by atoms with Crippen molar-refractivity contribution in [2.45, 2.75) is 37.7 Å². The third kappa shape index (κ3) is 5.38. The van der Waals surface area contributed by atoms with Crippen LogP contribution in [-0.4, -0.2) is 29.9 Å². The summed E-state index contributed by atoms with van der Waals surface area (Å²) in [6.07, 6.45) is 2.47. The van der Waals surface area contributed by atoms with Gasteiger partial charge in [-0.05, 0) is 42.5 Å². The van der Waals surface area contributed by atoms with Crippen molar-refractivity contribution in [1.29, 1.82) is 0 Å². The van der Waals surface area contributed by atoms with E-state index in [4.69, 9.17) is 5.11 Å². The van der Waals surface area contributed by atoms with Gasteiger partial charge in [0.2, 0.25) is 0 Å². The van der Waals surface area contributed by atoms with Crippen molar-refractivity contribution in [3.63, 3.8) is 0 Å². The van der Waals surface area contributed by atoms with E-state index in [9.17, 15) is 5.11 Å². The molecule has 0 heterocycles. The molecule has 2 atom stereocenters. The van der Waals surface area contributed by atoms with Crippen molar-refractivity contribution in [3.05, 3.63) is 70.2 Å². The van der Waals surface area contributed by atoms with Crippen LogP contribution in [0.5, 0.6) is 0 Å². The molecule has 136 valence electrons. The van der Waals surface area contributed by atoms with Gasteiger partial charge < -0.3 is 15.5 Å². The summed E-state index contributed by atoms with van der Waals surface area (Å²) in [5, 5.41) is 22.8. The number of halogens is 1. The average molecular weight is 407 g/mol. The van der Waals surface area contributed by atoms with Crippen LogP contribution in [0.25, 0.3) is 0 Å². The van der Waals surface area contributed by atoms with Crippen molar-refractivity contribution >= 4 is 15.9 Å². The van der Waals surface area contributed by atoms with Crippen molar-refractivity contribution in [2.24, 2.45) is 0 Å². The highest BCUT2D eigenvalue weighted by atomic mass is 79.9. The highest BCUT2D eigenvalue weighted by Crippen LogP contribution is 2.39. The summed E-state index contributed by atoms with van der Waals surface area (Å²) in [6, 6.07) is 18.3. The summed E-state index contributed by atoms with van der Waals surface area (Å²) < 4.78 is 1.02. The van der Waals surface area contributed by atoms with Crippen molar-refractivity contribution < 1.29 is 15.5 Å². The maximum atomic E-state index is 11.6. The molecule has 0 bridgehead atoms. The number of hydrogen-bond donors (Lipinski definition) is 3. The predicted octanol–water partition coefficient (Wildman–Crippen LogP) is 3.17. The van der Waals surface area contributed by atoms with Crippen LogP contribution in [0.1, 0.15) is 43.2 Å². The Labute approximate surface area is 159 Å². The highest BCUT2D eigenvalue weighted by molar-refractivity contribution is 9.10. The van der Waals surface area contributed by atoms with Crippen LogP contribution in [0, 0.1) is 0 Å². The van der Waals surface area contributed by atoms with E-state index in [1.165, 1.54) is 0 Å². The van der Waals surface area contributed by atoms with E-state index < -0.39 is 5.60 Å². The normalized spacial score (nSPS) is 14.9. The smallest absolute Gasteiger partial charge is 0.102 e. The first-order chi connectivity index (χ1) is 12.1. The van der Waals surface area contributed by atoms with E-state index in [0.717, 1.165) is 41.5 Å². The van der Waals surface area contributed by atoms with Crippen molar-refractivity contribution in [3.8, 4) is 0 Å². The van der Waals surface area contributed by atoms with Crippen LogP contribution < -0.4 is 5.32 Å². The van der Waals surface area contributed by atoms with E-state index in [1.54, 1.807) is 0 Å². The Morgan fingerprint density at radius 1 is 1.04 bits per heavy atom. The lowest BCUT2D eigenvalue weighted by molar-refractivity contribution is -0.659. The average Bonchev–Trinajstić information content (AvgIpc) is 2.65. The van der Waals surface area contributed by atoms with Gasteiger partial charge in [0.25, 0.3) is 0 Å². The molecule has 3 nitrogen and oxygen atoms in total. The van der Waals surface area contributed by atoms with Gasteiger partial charge in [-0.15, -0.1) is 0 Å². The molecule has 0 fully saturated rings. The molecule has 25 heavy (non-hydrogen) atoms. The Kier molecular flexibility index (Phi) is 8.10. The fourth-order valence-corrected chi connectivity index (χ4v) is 3.63. The molecule has 2 unspecified atom stereocenters. The van der Waals surface area contributed by atoms with Gasteiger partial charge in [-0.2, -0.15) is 0 Å². The number of rotatable bonds is 10. The highest BCUT2D eigenvalue weighted by Gasteiger charge is 2.39. The summed E-state index contributed by atoms with van der Waals surface area (Å²) >= 11 is 3.47. The molecule has 0 saturated heterocycles. The lowest BCUT2D eigenvalue weighted by Gasteiger charge is -2.35. The van der Waals surface area contributed by atoms with Gasteiger partial charge in [0, 0.05) is 11.1 Å². The lowest BCUT2D eigenvalue weighted by atomic mass is 9.75. The van der Waals surface area contributed by atoms with Gasteiger partial charge in [0.1, 0.15) is 5.60 Å². The number of benzene rings is 2. The zero-order valence-corrected chi connectivity index (χ0v) is 16.5. The van der Waals surface area contributed by atoms with Crippen LogP contribution in [0.2, 0.25) is 0 Å². The molecule has 0 spiro atoms. The second-order valence-electron chi connectivity index (χ2n) is 6.49. The largest absolute Gasteiger partial charge is 0.396 e. The number of aliphatic hydroxyl groups excluding tert-OH is 1. The first kappa shape index (κ1) is 20.1. The van der Waals surface area contributed by atoms with E-state index >= 15 is 0 Å². The second kappa shape index (κ2) is 10.1. The maximum Gasteiger partial charge on any atom is 0.102 e. The predicted molar refractivity (Wildman–Crippen MR) is 105 cm³/mol. The summed E-state index contributed by atoms with van der Waals surface area (Å²) in [4.78, 5) is 0. The van der Waals surface area contributed by atoms with Gasteiger partial charge in [-0.3, -0.25) is 0 Å². The summed E-state index contributed by atoms with van der Waals surface area (Å²) in [5.41, 5.74) is 1.21. The minimum atomic E-state index is -0.907. The molecule has 0 aliphatic heterocycles. The van der Waals surface area contributed by atoms with Gasteiger partial charge in [0.05, 0.1) is 19.0 Å². The van der Waals surface area contributed by atoms with Gasteiger partial charge >= 0.3 is 0 Å². The van der Waals surface area contributed by atoms with Crippen LogP contribution in [0.4, 0.5) is 0 Å². The van der Waals surface area contributed by atoms with Gasteiger partial charge in [0.15, 0.2) is 0 Å². The van der Waals surface area contributed by atoms with E-state index in [2.05, 4.69) is 33.4 Å². The van der Waals surface area contributed by atoms with E-state index in [0.29, 0.717) is 6.42 Å². The first-order valence-electron chi connectivity index (χ1n) is 9.07. The standard InChI is InChI=1S/C21H28BrNO2/c1-2-21(25,18-10-12-19(22)13-11-18)20(16-23-14-6-7-15-24)17-8-4-3-5-9-17/h3-5,8-13,20,23-25H,2,6-7,14-16H2,1H3/p+1. The van der Waals surface area contributed by atoms with Crippen LogP contribution >= 0.6 is 15.9 Å². The van der Waals surface area contributed by atoms with Crippen LogP contribution in [-0.2, 0) is 5.60 Å². The third-order valence-electron chi connectivity index (χ3n) is 4.88. The van der Waals surface area contributed by atoms with E-state index in [-0.39, 0.29) is 12.5 Å². The SMILES string of the molecule is CCC(O)(c1ccc(Br)cc1)C(C[NH2+]CCCCO)c1ccccc1. The molecule has 0 amide bonds. The van der Waals surface area contributed by atoms with E-state index in [1.807, 2.05) is 49.4 Å². The molecule has 0 aliphatic carbocycles. The third-order valence-corrected chi connectivity index (χ3v) is 5.41. The molecule has 2 aromatic rings. The molecular weight excluding hydrogens is 378 g/mol. The lowest BCUT2D eigenvalue weighted by Crippen LogP contribution is -2.86. The zero-order chi connectivity index (χ0) is 18.1. The number of hydrogen-bond acceptors (Lipinski definition) is 2. The van der Waals surface area contributed by atoms with Crippen LogP contribution in [0.15, 0.2) is 59.1 Å². The minimum Gasteiger partial charge on any atom is -0.396 e. The number of quaternary nitrogens is 1. The van der Waals surface area contributed by atoms with Crippen LogP contribution in [0.3, 0.4) is 0 Å². The Balaban J connectivity index is 2.26. The monoisotopic (exact) mass is 406 g/mol. The summed E-state index contributed by atoms with van der Waals surface area (Å²) in [5.74, 6) is 0.00834. The molecule has 0 radical (unpaired) electrons. The fraction of sp³-hybridized carbons (Fsp3) is 0.429. The number of aliphatic hydroxyl groups is 2. The number of unbranched alkanes of at least 4 members (excludes halogenated alkanes) is 1. The quantitative estimate of drug-likeness (QED) is 0.530. The zero-order valence-electron chi connectivity index (χ0n) is 14.9. The minimum absolute atomic E-state index is 0.00834. The molecule has 2 aromatic carbocycles. The Hall–Kier alpha value is -1.20. The Bertz CT molecular complexity index is 618. The Morgan fingerprint density at radius 2 is 1.72 bits per heavy atom. The summed E-state index contributed by atoms with van der Waals surface area (Å²) in [6.45, 7) is 4.07. The maximum absolute atomic E-state index is 11.6. The summed E-state index contributed by atoms with van der Waals surface area (Å²) in [7, 11) is 0. The molecule has 4 heteroatoms. The first-order valence-corrected chi connectivity index (χ1v) is 9.87. The molecule has 4 N–H and O–H groups in total. The molecule has 2 rings (SSSR count). The Morgan fingerprint density at radius 3 is 2.32 bits per heavy atom. The fourth-order valence-electron chi connectivity index (χ4n) is 3.37. The van der Waals surface area contributed by atoms with Crippen molar-refractivity contribution in [1.82, 2.24) is 0 Å². The van der Waals surface area contributed by atoms with Gasteiger partial charge in [-0.1, -0.05) is 65.3 Å². The second-order valence-corrected chi connectivity index (χ2v) is 7.41. The molecule has 0 aromatic heterocycles. The van der Waals surface area contributed by atoms with Crippen molar-refractivity contribution in [2.75, 3.05) is 19.7 Å². The van der Waals surface area contributed by atoms with Gasteiger partial charge in [-0.25, -0.2) is 0 Å². The number of nitrogens with two attached hydrogens (primary N) is 1. The molecule has 0 aliphatic rings. The topological polar surface area (TPSA) is 57.1 Å².